The second-order valence-corrected chi connectivity index (χ2v) is 8.48. The highest BCUT2D eigenvalue weighted by Crippen LogP contribution is 2.25. The van der Waals surface area contributed by atoms with Gasteiger partial charge >= 0.3 is 0 Å². The minimum Gasteiger partial charge on any atom is -0.491 e. The Labute approximate surface area is 177 Å². The molecule has 0 heterocycles. The number of hydrogen-bond acceptors (Lipinski definition) is 4. The molecule has 0 bridgehead atoms. The van der Waals surface area contributed by atoms with Crippen molar-refractivity contribution in [3.8, 4) is 5.75 Å². The maximum atomic E-state index is 12.8. The normalized spacial score (nSPS) is 11.0. The van der Waals surface area contributed by atoms with Crippen LogP contribution in [0.4, 0.5) is 11.4 Å². The number of carbonyl (C=O) groups is 1. The lowest BCUT2D eigenvalue weighted by atomic mass is 10.2. The summed E-state index contributed by atoms with van der Waals surface area (Å²) in [5.74, 6) is 0.146. The molecule has 3 aromatic rings. The highest BCUT2D eigenvalue weighted by atomic mass is 32.2. The minimum absolute atomic E-state index is 0.00664. The van der Waals surface area contributed by atoms with Gasteiger partial charge in [-0.2, -0.15) is 0 Å². The summed E-state index contributed by atoms with van der Waals surface area (Å²) in [5, 5.41) is 2.79. The Bertz CT molecular complexity index is 1140. The van der Waals surface area contributed by atoms with Crippen molar-refractivity contribution >= 4 is 27.3 Å². The highest BCUT2D eigenvalue weighted by molar-refractivity contribution is 7.92. The molecule has 0 unspecified atom stereocenters. The van der Waals surface area contributed by atoms with E-state index in [-0.39, 0.29) is 10.5 Å². The van der Waals surface area contributed by atoms with E-state index >= 15 is 0 Å². The van der Waals surface area contributed by atoms with Crippen molar-refractivity contribution in [1.82, 2.24) is 0 Å². The summed E-state index contributed by atoms with van der Waals surface area (Å²) in [7, 11) is -3.83. The number of para-hydroxylation sites is 2. The summed E-state index contributed by atoms with van der Waals surface area (Å²) in [5.41, 5.74) is 2.16. The summed E-state index contributed by atoms with van der Waals surface area (Å²) >= 11 is 0. The molecule has 0 fully saturated rings. The average molecular weight is 425 g/mol. The van der Waals surface area contributed by atoms with E-state index in [1.165, 1.54) is 12.1 Å². The van der Waals surface area contributed by atoms with Crippen LogP contribution in [0.2, 0.25) is 0 Å². The molecule has 30 heavy (non-hydrogen) atoms. The first-order valence-electron chi connectivity index (χ1n) is 9.62. The number of carbonyl (C=O) groups excluding carboxylic acids is 1. The number of sulfonamides is 1. The fraction of sp³-hybridized carbons (Fsp3) is 0.174. The maximum absolute atomic E-state index is 12.8. The van der Waals surface area contributed by atoms with E-state index in [0.717, 1.165) is 12.0 Å². The third kappa shape index (κ3) is 5.39. The standard InChI is InChI=1S/C23H24N2O4S/c1-3-14-29-22-13-5-4-12-21(22)24-23(26)18-9-7-11-20(16-18)30(27,28)25-19-10-6-8-17(2)15-19/h4-13,15-16,25H,3,14H2,1-2H3,(H,24,26). The van der Waals surface area contributed by atoms with E-state index in [2.05, 4.69) is 10.0 Å². The molecule has 3 aromatic carbocycles. The topological polar surface area (TPSA) is 84.5 Å². The lowest BCUT2D eigenvalue weighted by Gasteiger charge is -2.13. The Hall–Kier alpha value is -3.32. The number of rotatable bonds is 8. The van der Waals surface area contributed by atoms with Crippen LogP contribution in [0, 0.1) is 6.92 Å². The average Bonchev–Trinajstić information content (AvgIpc) is 2.73. The molecule has 0 spiro atoms. The molecule has 6 nitrogen and oxygen atoms in total. The number of benzene rings is 3. The second kappa shape index (κ2) is 9.45. The van der Waals surface area contributed by atoms with E-state index in [1.807, 2.05) is 26.0 Å². The number of ether oxygens (including phenoxy) is 1. The first-order valence-corrected chi connectivity index (χ1v) is 11.1. The van der Waals surface area contributed by atoms with Gasteiger partial charge in [0, 0.05) is 11.3 Å². The molecule has 0 aliphatic carbocycles. The Morgan fingerprint density at radius 3 is 2.50 bits per heavy atom. The van der Waals surface area contributed by atoms with Crippen LogP contribution >= 0.6 is 0 Å². The summed E-state index contributed by atoms with van der Waals surface area (Å²) < 4.78 is 33.7. The third-order valence-electron chi connectivity index (χ3n) is 4.27. The zero-order chi connectivity index (χ0) is 21.6. The van der Waals surface area contributed by atoms with Gasteiger partial charge in [0.15, 0.2) is 0 Å². The van der Waals surface area contributed by atoms with Crippen molar-refractivity contribution in [3.63, 3.8) is 0 Å². The van der Waals surface area contributed by atoms with Crippen molar-refractivity contribution in [2.45, 2.75) is 25.2 Å². The Balaban J connectivity index is 1.80. The molecule has 0 saturated carbocycles. The molecular weight excluding hydrogens is 400 g/mol. The molecule has 0 aliphatic heterocycles. The molecule has 0 radical (unpaired) electrons. The van der Waals surface area contributed by atoms with Crippen molar-refractivity contribution in [2.24, 2.45) is 0 Å². The first kappa shape index (κ1) is 21.4. The molecule has 1 amide bonds. The SMILES string of the molecule is CCCOc1ccccc1NC(=O)c1cccc(S(=O)(=O)Nc2cccc(C)c2)c1. The lowest BCUT2D eigenvalue weighted by Crippen LogP contribution is -2.16. The number of amides is 1. The molecule has 7 heteroatoms. The van der Waals surface area contributed by atoms with E-state index in [9.17, 15) is 13.2 Å². The van der Waals surface area contributed by atoms with Crippen LogP contribution in [0.1, 0.15) is 29.3 Å². The molecule has 2 N–H and O–H groups in total. The Kier molecular flexibility index (Phi) is 6.74. The second-order valence-electron chi connectivity index (χ2n) is 6.80. The van der Waals surface area contributed by atoms with E-state index in [0.29, 0.717) is 23.7 Å². The summed E-state index contributed by atoms with van der Waals surface area (Å²) in [6.07, 6.45) is 0.843. The van der Waals surface area contributed by atoms with Gasteiger partial charge in [-0.05, 0) is 61.4 Å². The quantitative estimate of drug-likeness (QED) is 0.542. The van der Waals surface area contributed by atoms with Gasteiger partial charge < -0.3 is 10.1 Å². The fourth-order valence-corrected chi connectivity index (χ4v) is 3.92. The highest BCUT2D eigenvalue weighted by Gasteiger charge is 2.17. The van der Waals surface area contributed by atoms with Crippen molar-refractivity contribution < 1.29 is 17.9 Å². The van der Waals surface area contributed by atoms with Crippen molar-refractivity contribution in [1.29, 1.82) is 0 Å². The van der Waals surface area contributed by atoms with E-state index in [4.69, 9.17) is 4.74 Å². The molecule has 0 aliphatic rings. The summed E-state index contributed by atoms with van der Waals surface area (Å²) in [6.45, 7) is 4.41. The van der Waals surface area contributed by atoms with E-state index in [1.54, 1.807) is 48.5 Å². The van der Waals surface area contributed by atoms with Crippen molar-refractivity contribution in [3.05, 3.63) is 83.9 Å². The third-order valence-corrected chi connectivity index (χ3v) is 5.65. The van der Waals surface area contributed by atoms with Crippen LogP contribution in [-0.2, 0) is 10.0 Å². The predicted octanol–water partition coefficient (Wildman–Crippen LogP) is 4.84. The van der Waals surface area contributed by atoms with Gasteiger partial charge in [-0.3, -0.25) is 9.52 Å². The molecular formula is C23H24N2O4S. The van der Waals surface area contributed by atoms with Gasteiger partial charge in [-0.15, -0.1) is 0 Å². The van der Waals surface area contributed by atoms with Crippen LogP contribution in [0.25, 0.3) is 0 Å². The van der Waals surface area contributed by atoms with Crippen LogP contribution in [0.3, 0.4) is 0 Å². The van der Waals surface area contributed by atoms with Crippen LogP contribution in [-0.4, -0.2) is 20.9 Å². The number of hydrogen-bond donors (Lipinski definition) is 2. The Morgan fingerprint density at radius 1 is 0.967 bits per heavy atom. The molecule has 0 aromatic heterocycles. The smallest absolute Gasteiger partial charge is 0.261 e. The van der Waals surface area contributed by atoms with Crippen LogP contribution < -0.4 is 14.8 Å². The molecule has 0 atom stereocenters. The van der Waals surface area contributed by atoms with Gasteiger partial charge in [0.1, 0.15) is 5.75 Å². The minimum atomic E-state index is -3.83. The molecule has 0 saturated heterocycles. The zero-order valence-electron chi connectivity index (χ0n) is 16.9. The van der Waals surface area contributed by atoms with Gasteiger partial charge in [-0.1, -0.05) is 37.3 Å². The molecule has 3 rings (SSSR count). The lowest BCUT2D eigenvalue weighted by molar-refractivity contribution is 0.102. The number of aryl methyl sites for hydroxylation is 1. The summed E-state index contributed by atoms with van der Waals surface area (Å²) in [4.78, 5) is 12.7. The van der Waals surface area contributed by atoms with Gasteiger partial charge in [-0.25, -0.2) is 8.42 Å². The van der Waals surface area contributed by atoms with Gasteiger partial charge in [0.2, 0.25) is 0 Å². The molecule has 156 valence electrons. The number of nitrogens with one attached hydrogen (secondary N) is 2. The van der Waals surface area contributed by atoms with Crippen LogP contribution in [0.15, 0.2) is 77.7 Å². The number of anilines is 2. The van der Waals surface area contributed by atoms with Crippen molar-refractivity contribution in [2.75, 3.05) is 16.6 Å². The maximum Gasteiger partial charge on any atom is 0.261 e. The summed E-state index contributed by atoms with van der Waals surface area (Å²) in [6, 6.07) is 20.1. The first-order chi connectivity index (χ1) is 14.4. The fourth-order valence-electron chi connectivity index (χ4n) is 2.83. The zero-order valence-corrected chi connectivity index (χ0v) is 17.7. The van der Waals surface area contributed by atoms with E-state index < -0.39 is 15.9 Å². The predicted molar refractivity (Wildman–Crippen MR) is 119 cm³/mol. The van der Waals surface area contributed by atoms with Gasteiger partial charge in [0.25, 0.3) is 15.9 Å². The Morgan fingerprint density at radius 2 is 1.73 bits per heavy atom. The monoisotopic (exact) mass is 424 g/mol. The largest absolute Gasteiger partial charge is 0.491 e. The van der Waals surface area contributed by atoms with Crippen LogP contribution in [0.5, 0.6) is 5.75 Å². The van der Waals surface area contributed by atoms with Gasteiger partial charge in [0.05, 0.1) is 17.2 Å².